The van der Waals surface area contributed by atoms with Gasteiger partial charge in [0.05, 0.1) is 0 Å². The summed E-state index contributed by atoms with van der Waals surface area (Å²) in [6, 6.07) is 8.16. The molecule has 0 spiro atoms. The Kier molecular flexibility index (Phi) is 7.44. The molecule has 3 heteroatoms. The Balaban J connectivity index is 2.54. The van der Waals surface area contributed by atoms with E-state index in [1.807, 2.05) is 12.1 Å². The molecule has 0 saturated heterocycles. The summed E-state index contributed by atoms with van der Waals surface area (Å²) in [5, 5.41) is 2.97. The lowest BCUT2D eigenvalue weighted by molar-refractivity contribution is -0.117. The Bertz CT molecular complexity index is 425. The number of rotatable bonds is 8. The normalized spacial score (nSPS) is 14.0. The van der Waals surface area contributed by atoms with Crippen LogP contribution in [0.5, 0.6) is 0 Å². The fourth-order valence-electron chi connectivity index (χ4n) is 2.53. The lowest BCUT2D eigenvalue weighted by Gasteiger charge is -2.17. The summed E-state index contributed by atoms with van der Waals surface area (Å²) in [4.78, 5) is 12.1. The number of hydrogen-bond acceptors (Lipinski definition) is 2. The molecule has 1 amide bonds. The Labute approximate surface area is 129 Å². The van der Waals surface area contributed by atoms with Crippen molar-refractivity contribution in [3.63, 3.8) is 0 Å². The Morgan fingerprint density at radius 3 is 2.29 bits per heavy atom. The Hall–Kier alpha value is -1.35. The topological polar surface area (TPSA) is 55.1 Å². The molecule has 0 fully saturated rings. The highest BCUT2D eigenvalue weighted by Gasteiger charge is 2.14. The van der Waals surface area contributed by atoms with Crippen LogP contribution in [-0.2, 0) is 4.79 Å². The second kappa shape index (κ2) is 8.83. The third-order valence-corrected chi connectivity index (χ3v) is 3.99. The third kappa shape index (κ3) is 6.30. The summed E-state index contributed by atoms with van der Waals surface area (Å²) in [5.41, 5.74) is 7.93. The third-order valence-electron chi connectivity index (χ3n) is 3.99. The van der Waals surface area contributed by atoms with Gasteiger partial charge in [-0.1, -0.05) is 39.8 Å². The zero-order valence-corrected chi connectivity index (χ0v) is 13.9. The molecule has 0 aliphatic rings. The molecule has 0 aliphatic heterocycles. The fraction of sp³-hybridized carbons (Fsp3) is 0.611. The van der Waals surface area contributed by atoms with Gasteiger partial charge in [0, 0.05) is 12.1 Å². The van der Waals surface area contributed by atoms with Crippen LogP contribution in [0.1, 0.15) is 58.4 Å². The van der Waals surface area contributed by atoms with Gasteiger partial charge in [0.25, 0.3) is 0 Å². The SMILES string of the molecule is CCC(C)c1ccc(NC(=O)C[C@@H](CN)CC(C)C)cc1. The van der Waals surface area contributed by atoms with E-state index in [2.05, 4.69) is 45.1 Å². The van der Waals surface area contributed by atoms with Crippen LogP contribution >= 0.6 is 0 Å². The molecule has 0 bridgehead atoms. The number of nitrogens with two attached hydrogens (primary N) is 1. The zero-order chi connectivity index (χ0) is 15.8. The molecule has 2 atom stereocenters. The number of hydrogen-bond donors (Lipinski definition) is 2. The maximum atomic E-state index is 12.1. The standard InChI is InChI=1S/C18H30N2O/c1-5-14(4)16-6-8-17(9-7-16)20-18(21)11-15(12-19)10-13(2)3/h6-9,13-15H,5,10-12,19H2,1-4H3,(H,20,21)/t14?,15-/m0/s1. The van der Waals surface area contributed by atoms with Crippen molar-refractivity contribution in [3.8, 4) is 0 Å². The molecule has 1 unspecified atom stereocenters. The van der Waals surface area contributed by atoms with Gasteiger partial charge in [0.15, 0.2) is 0 Å². The molecular weight excluding hydrogens is 260 g/mol. The van der Waals surface area contributed by atoms with Gasteiger partial charge in [-0.2, -0.15) is 0 Å². The van der Waals surface area contributed by atoms with E-state index < -0.39 is 0 Å². The maximum Gasteiger partial charge on any atom is 0.224 e. The minimum absolute atomic E-state index is 0.0578. The van der Waals surface area contributed by atoms with E-state index in [1.165, 1.54) is 5.56 Å². The first kappa shape index (κ1) is 17.7. The first-order valence-electron chi connectivity index (χ1n) is 8.06. The summed E-state index contributed by atoms with van der Waals surface area (Å²) < 4.78 is 0. The summed E-state index contributed by atoms with van der Waals surface area (Å²) in [7, 11) is 0. The van der Waals surface area contributed by atoms with Gasteiger partial charge >= 0.3 is 0 Å². The van der Waals surface area contributed by atoms with Gasteiger partial charge in [-0.3, -0.25) is 4.79 Å². The Morgan fingerprint density at radius 1 is 1.19 bits per heavy atom. The lowest BCUT2D eigenvalue weighted by Crippen LogP contribution is -2.23. The number of carbonyl (C=O) groups excluding carboxylic acids is 1. The van der Waals surface area contributed by atoms with Crippen molar-refractivity contribution in [2.24, 2.45) is 17.6 Å². The number of carbonyl (C=O) groups is 1. The molecule has 118 valence electrons. The van der Waals surface area contributed by atoms with Crippen molar-refractivity contribution in [1.82, 2.24) is 0 Å². The van der Waals surface area contributed by atoms with Crippen molar-refractivity contribution in [2.75, 3.05) is 11.9 Å². The van der Waals surface area contributed by atoms with E-state index in [0.29, 0.717) is 24.8 Å². The van der Waals surface area contributed by atoms with Crippen LogP contribution in [0.4, 0.5) is 5.69 Å². The van der Waals surface area contributed by atoms with E-state index in [0.717, 1.165) is 18.5 Å². The first-order chi connectivity index (χ1) is 9.96. The van der Waals surface area contributed by atoms with Gasteiger partial charge in [0.2, 0.25) is 5.91 Å². The molecule has 21 heavy (non-hydrogen) atoms. The largest absolute Gasteiger partial charge is 0.330 e. The highest BCUT2D eigenvalue weighted by molar-refractivity contribution is 5.90. The van der Waals surface area contributed by atoms with E-state index in [1.54, 1.807) is 0 Å². The van der Waals surface area contributed by atoms with Gasteiger partial charge in [-0.15, -0.1) is 0 Å². The molecule has 3 nitrogen and oxygen atoms in total. The van der Waals surface area contributed by atoms with E-state index in [-0.39, 0.29) is 11.8 Å². The van der Waals surface area contributed by atoms with Crippen molar-refractivity contribution < 1.29 is 4.79 Å². The molecule has 1 aromatic carbocycles. The minimum atomic E-state index is 0.0578. The van der Waals surface area contributed by atoms with E-state index >= 15 is 0 Å². The van der Waals surface area contributed by atoms with Crippen molar-refractivity contribution >= 4 is 11.6 Å². The first-order valence-corrected chi connectivity index (χ1v) is 8.06. The van der Waals surface area contributed by atoms with Crippen LogP contribution in [-0.4, -0.2) is 12.5 Å². The molecule has 3 N–H and O–H groups in total. The zero-order valence-electron chi connectivity index (χ0n) is 13.9. The van der Waals surface area contributed by atoms with Crippen LogP contribution < -0.4 is 11.1 Å². The smallest absolute Gasteiger partial charge is 0.224 e. The van der Waals surface area contributed by atoms with Crippen LogP contribution in [0.25, 0.3) is 0 Å². The van der Waals surface area contributed by atoms with Gasteiger partial charge in [0.1, 0.15) is 0 Å². The predicted molar refractivity (Wildman–Crippen MR) is 90.4 cm³/mol. The highest BCUT2D eigenvalue weighted by atomic mass is 16.1. The maximum absolute atomic E-state index is 12.1. The van der Waals surface area contributed by atoms with Crippen LogP contribution in [0.15, 0.2) is 24.3 Å². The van der Waals surface area contributed by atoms with Crippen LogP contribution in [0.2, 0.25) is 0 Å². The Morgan fingerprint density at radius 2 is 1.81 bits per heavy atom. The molecule has 0 saturated carbocycles. The number of nitrogens with one attached hydrogen (secondary N) is 1. The molecule has 0 radical (unpaired) electrons. The predicted octanol–water partition coefficient (Wildman–Crippen LogP) is 4.15. The van der Waals surface area contributed by atoms with Gasteiger partial charge in [-0.05, 0) is 54.8 Å². The summed E-state index contributed by atoms with van der Waals surface area (Å²) in [6.07, 6.45) is 2.62. The lowest BCUT2D eigenvalue weighted by atomic mass is 9.94. The van der Waals surface area contributed by atoms with Crippen molar-refractivity contribution in [2.45, 2.75) is 52.9 Å². The van der Waals surface area contributed by atoms with Gasteiger partial charge in [-0.25, -0.2) is 0 Å². The molecule has 1 rings (SSSR count). The average molecular weight is 290 g/mol. The van der Waals surface area contributed by atoms with E-state index in [4.69, 9.17) is 5.73 Å². The molecular formula is C18H30N2O. The van der Waals surface area contributed by atoms with Gasteiger partial charge < -0.3 is 11.1 Å². The van der Waals surface area contributed by atoms with E-state index in [9.17, 15) is 4.79 Å². The summed E-state index contributed by atoms with van der Waals surface area (Å²) in [5.74, 6) is 1.45. The highest BCUT2D eigenvalue weighted by Crippen LogP contribution is 2.21. The van der Waals surface area contributed by atoms with Crippen molar-refractivity contribution in [3.05, 3.63) is 29.8 Å². The molecule has 0 aromatic heterocycles. The fourth-order valence-corrected chi connectivity index (χ4v) is 2.53. The minimum Gasteiger partial charge on any atom is -0.330 e. The molecule has 1 aromatic rings. The quantitative estimate of drug-likeness (QED) is 0.755. The van der Waals surface area contributed by atoms with Crippen LogP contribution in [0, 0.1) is 11.8 Å². The molecule has 0 aliphatic carbocycles. The summed E-state index contributed by atoms with van der Waals surface area (Å²) in [6.45, 7) is 9.29. The summed E-state index contributed by atoms with van der Waals surface area (Å²) >= 11 is 0. The van der Waals surface area contributed by atoms with Crippen molar-refractivity contribution in [1.29, 1.82) is 0 Å². The second-order valence-corrected chi connectivity index (χ2v) is 6.41. The van der Waals surface area contributed by atoms with Crippen LogP contribution in [0.3, 0.4) is 0 Å². The second-order valence-electron chi connectivity index (χ2n) is 6.41. The monoisotopic (exact) mass is 290 g/mol. The molecule has 0 heterocycles. The number of anilines is 1. The average Bonchev–Trinajstić information content (AvgIpc) is 2.45. The number of amides is 1. The number of benzene rings is 1.